The third-order valence-corrected chi connectivity index (χ3v) is 3.15. The summed E-state index contributed by atoms with van der Waals surface area (Å²) >= 11 is 6.93. The normalized spacial score (nSPS) is 10.0. The summed E-state index contributed by atoms with van der Waals surface area (Å²) in [7, 11) is 0. The van der Waals surface area contributed by atoms with Gasteiger partial charge in [-0.15, -0.1) is 22.9 Å². The van der Waals surface area contributed by atoms with Gasteiger partial charge in [-0.25, -0.2) is 4.98 Å². The second kappa shape index (κ2) is 7.24. The van der Waals surface area contributed by atoms with Gasteiger partial charge in [0.15, 0.2) is 5.13 Å². The van der Waals surface area contributed by atoms with Gasteiger partial charge in [-0.3, -0.25) is 9.59 Å². The first-order chi connectivity index (χ1) is 8.15. The minimum absolute atomic E-state index is 0.0768. The lowest BCUT2D eigenvalue weighted by Crippen LogP contribution is -2.14. The lowest BCUT2D eigenvalue weighted by atomic mass is 10.3. The zero-order valence-electron chi connectivity index (χ0n) is 9.36. The molecule has 0 aromatic carbocycles. The number of carbonyl (C=O) groups is 2. The highest BCUT2D eigenvalue weighted by Gasteiger charge is 2.09. The number of thiazole rings is 1. The summed E-state index contributed by atoms with van der Waals surface area (Å²) in [5.41, 5.74) is 0. The zero-order valence-corrected chi connectivity index (χ0v) is 10.9. The van der Waals surface area contributed by atoms with Gasteiger partial charge in [0.2, 0.25) is 5.91 Å². The maximum Gasteiger partial charge on any atom is 0.306 e. The molecule has 0 saturated heterocycles. The van der Waals surface area contributed by atoms with E-state index in [9.17, 15) is 9.59 Å². The molecule has 0 atom stereocenters. The van der Waals surface area contributed by atoms with Crippen LogP contribution in [0, 0.1) is 0 Å². The smallest absolute Gasteiger partial charge is 0.306 e. The van der Waals surface area contributed by atoms with E-state index in [-0.39, 0.29) is 24.7 Å². The van der Waals surface area contributed by atoms with Gasteiger partial charge in [-0.05, 0) is 6.92 Å². The van der Waals surface area contributed by atoms with Crippen LogP contribution >= 0.6 is 22.9 Å². The van der Waals surface area contributed by atoms with Crippen LogP contribution in [0.3, 0.4) is 0 Å². The number of alkyl halides is 1. The van der Waals surface area contributed by atoms with Gasteiger partial charge in [0.05, 0.1) is 18.9 Å². The van der Waals surface area contributed by atoms with Crippen molar-refractivity contribution in [2.75, 3.05) is 11.9 Å². The third-order valence-electron chi connectivity index (χ3n) is 1.79. The van der Waals surface area contributed by atoms with E-state index in [1.807, 2.05) is 0 Å². The maximum atomic E-state index is 11.4. The molecular weight excluding hydrogens is 264 g/mol. The molecule has 0 radical (unpaired) electrons. The molecular formula is C10H13ClN2O3S. The number of amides is 1. The summed E-state index contributed by atoms with van der Waals surface area (Å²) in [6, 6.07) is 0. The first-order valence-corrected chi connectivity index (χ1v) is 6.47. The summed E-state index contributed by atoms with van der Waals surface area (Å²) in [5, 5.41) is 3.09. The Hall–Kier alpha value is -1.14. The van der Waals surface area contributed by atoms with Crippen molar-refractivity contribution in [3.05, 3.63) is 11.1 Å². The second-order valence-corrected chi connectivity index (χ2v) is 4.50. The van der Waals surface area contributed by atoms with Crippen LogP contribution in [0.2, 0.25) is 0 Å². The topological polar surface area (TPSA) is 68.3 Å². The number of carbonyl (C=O) groups excluding carboxylic acids is 2. The number of nitrogens with one attached hydrogen (secondary N) is 1. The molecule has 0 saturated carbocycles. The molecule has 1 heterocycles. The molecule has 0 aliphatic carbocycles. The van der Waals surface area contributed by atoms with Crippen LogP contribution in [0.25, 0.3) is 0 Å². The summed E-state index contributed by atoms with van der Waals surface area (Å²) in [4.78, 5) is 27.3. The number of anilines is 1. The van der Waals surface area contributed by atoms with Gasteiger partial charge in [-0.1, -0.05) is 0 Å². The molecule has 0 spiro atoms. The Morgan fingerprint density at radius 3 is 2.88 bits per heavy atom. The first-order valence-electron chi connectivity index (χ1n) is 5.11. The van der Waals surface area contributed by atoms with Gasteiger partial charge >= 0.3 is 5.97 Å². The summed E-state index contributed by atoms with van der Waals surface area (Å²) < 4.78 is 4.71. The predicted molar refractivity (Wildman–Crippen MR) is 66.2 cm³/mol. The Kier molecular flexibility index (Phi) is 5.93. The predicted octanol–water partition coefficient (Wildman–Crippen LogP) is 2.16. The number of aromatic nitrogens is 1. The van der Waals surface area contributed by atoms with E-state index >= 15 is 0 Å². The minimum Gasteiger partial charge on any atom is -0.466 e. The van der Waals surface area contributed by atoms with E-state index in [4.69, 9.17) is 16.3 Å². The largest absolute Gasteiger partial charge is 0.466 e. The van der Waals surface area contributed by atoms with Crippen molar-refractivity contribution in [3.63, 3.8) is 0 Å². The van der Waals surface area contributed by atoms with E-state index in [2.05, 4.69) is 10.3 Å². The standard InChI is InChI=1S/C10H13ClN2O3S/c1-2-16-9(15)4-3-8(14)13-10-12-6-7(5-11)17-10/h6H,2-5H2,1H3,(H,12,13,14). The van der Waals surface area contributed by atoms with Gasteiger partial charge in [0, 0.05) is 17.5 Å². The Morgan fingerprint density at radius 2 is 2.29 bits per heavy atom. The molecule has 1 amide bonds. The molecule has 1 aromatic heterocycles. The first kappa shape index (κ1) is 13.9. The summed E-state index contributed by atoms with van der Waals surface area (Å²) in [6.45, 7) is 2.05. The molecule has 1 rings (SSSR count). The van der Waals surface area contributed by atoms with E-state index in [0.29, 0.717) is 17.6 Å². The lowest BCUT2D eigenvalue weighted by molar-refractivity contribution is -0.144. The average Bonchev–Trinajstić information content (AvgIpc) is 2.74. The van der Waals surface area contributed by atoms with Crippen LogP contribution in [0.15, 0.2) is 6.20 Å². The van der Waals surface area contributed by atoms with E-state index in [1.54, 1.807) is 13.1 Å². The van der Waals surface area contributed by atoms with Crippen molar-refractivity contribution in [1.29, 1.82) is 0 Å². The Morgan fingerprint density at radius 1 is 1.53 bits per heavy atom. The average molecular weight is 277 g/mol. The number of hydrogen-bond acceptors (Lipinski definition) is 5. The fourth-order valence-electron chi connectivity index (χ4n) is 1.06. The zero-order chi connectivity index (χ0) is 12.7. The van der Waals surface area contributed by atoms with Crippen molar-refractivity contribution >= 4 is 39.9 Å². The Bertz CT molecular complexity index is 395. The number of rotatable bonds is 6. The van der Waals surface area contributed by atoms with Gasteiger partial charge < -0.3 is 10.1 Å². The molecule has 0 bridgehead atoms. The molecule has 0 aliphatic heterocycles. The van der Waals surface area contributed by atoms with Crippen molar-refractivity contribution in [2.24, 2.45) is 0 Å². The molecule has 0 unspecified atom stereocenters. The molecule has 5 nitrogen and oxygen atoms in total. The van der Waals surface area contributed by atoms with Crippen molar-refractivity contribution in [2.45, 2.75) is 25.6 Å². The molecule has 7 heteroatoms. The lowest BCUT2D eigenvalue weighted by Gasteiger charge is -2.01. The van der Waals surface area contributed by atoms with E-state index < -0.39 is 0 Å². The fraction of sp³-hybridized carbons (Fsp3) is 0.500. The Balaban J connectivity index is 2.32. The number of esters is 1. The molecule has 1 N–H and O–H groups in total. The Labute approximate surface area is 108 Å². The van der Waals surface area contributed by atoms with Crippen LogP contribution in [-0.2, 0) is 20.2 Å². The van der Waals surface area contributed by atoms with Gasteiger partial charge in [-0.2, -0.15) is 0 Å². The van der Waals surface area contributed by atoms with Gasteiger partial charge in [0.25, 0.3) is 0 Å². The van der Waals surface area contributed by atoms with Crippen LogP contribution < -0.4 is 5.32 Å². The van der Waals surface area contributed by atoms with Crippen molar-refractivity contribution in [3.8, 4) is 0 Å². The maximum absolute atomic E-state index is 11.4. The SMILES string of the molecule is CCOC(=O)CCC(=O)Nc1ncc(CCl)s1. The molecule has 17 heavy (non-hydrogen) atoms. The summed E-state index contributed by atoms with van der Waals surface area (Å²) in [6.07, 6.45) is 1.78. The molecule has 0 fully saturated rings. The molecule has 0 aliphatic rings. The number of nitrogens with zero attached hydrogens (tertiary/aromatic N) is 1. The third kappa shape index (κ3) is 5.14. The monoisotopic (exact) mass is 276 g/mol. The highest BCUT2D eigenvalue weighted by Crippen LogP contribution is 2.19. The number of ether oxygens (including phenoxy) is 1. The number of hydrogen-bond donors (Lipinski definition) is 1. The van der Waals surface area contributed by atoms with Gasteiger partial charge in [0.1, 0.15) is 0 Å². The number of halogens is 1. The van der Waals surface area contributed by atoms with Crippen LogP contribution in [0.4, 0.5) is 5.13 Å². The molecule has 1 aromatic rings. The van der Waals surface area contributed by atoms with E-state index in [0.717, 1.165) is 4.88 Å². The fourth-order valence-corrected chi connectivity index (χ4v) is 1.97. The second-order valence-electron chi connectivity index (χ2n) is 3.12. The van der Waals surface area contributed by atoms with Crippen LogP contribution in [-0.4, -0.2) is 23.5 Å². The highest BCUT2D eigenvalue weighted by atomic mass is 35.5. The highest BCUT2D eigenvalue weighted by molar-refractivity contribution is 7.15. The van der Waals surface area contributed by atoms with Crippen molar-refractivity contribution < 1.29 is 14.3 Å². The summed E-state index contributed by atoms with van der Waals surface area (Å²) in [5.74, 6) is -0.257. The quantitative estimate of drug-likeness (QED) is 0.639. The minimum atomic E-state index is -0.372. The van der Waals surface area contributed by atoms with Crippen LogP contribution in [0.1, 0.15) is 24.6 Å². The van der Waals surface area contributed by atoms with Crippen molar-refractivity contribution in [1.82, 2.24) is 4.98 Å². The van der Waals surface area contributed by atoms with E-state index in [1.165, 1.54) is 11.3 Å². The van der Waals surface area contributed by atoms with Crippen LogP contribution in [0.5, 0.6) is 0 Å². The molecule has 94 valence electrons.